The van der Waals surface area contributed by atoms with E-state index in [1.54, 1.807) is 24.3 Å². The van der Waals surface area contributed by atoms with Gasteiger partial charge in [0, 0.05) is 11.3 Å². The normalized spacial score (nSPS) is 11.3. The predicted octanol–water partition coefficient (Wildman–Crippen LogP) is 3.57. The number of carbonyl (C=O) groups excluding carboxylic acids is 3. The van der Waals surface area contributed by atoms with Gasteiger partial charge in [-0.3, -0.25) is 9.59 Å². The van der Waals surface area contributed by atoms with Gasteiger partial charge in [0.1, 0.15) is 12.0 Å². The Morgan fingerprint density at radius 2 is 1.78 bits per heavy atom. The highest BCUT2D eigenvalue weighted by Crippen LogP contribution is 2.26. The van der Waals surface area contributed by atoms with Crippen LogP contribution in [0.3, 0.4) is 0 Å². The van der Waals surface area contributed by atoms with E-state index in [1.165, 1.54) is 0 Å². The molecule has 2 aromatic carbocycles. The van der Waals surface area contributed by atoms with E-state index in [4.69, 9.17) is 9.47 Å². The summed E-state index contributed by atoms with van der Waals surface area (Å²) in [6.45, 7) is 3.46. The van der Waals surface area contributed by atoms with Crippen LogP contribution >= 0.6 is 0 Å². The molecule has 27 heavy (non-hydrogen) atoms. The molecule has 0 saturated heterocycles. The highest BCUT2D eigenvalue weighted by atomic mass is 16.6. The minimum Gasteiger partial charge on any atom is -0.482 e. The summed E-state index contributed by atoms with van der Waals surface area (Å²) < 4.78 is 10.2. The molecule has 0 aromatic heterocycles. The van der Waals surface area contributed by atoms with Crippen LogP contribution in [-0.2, 0) is 14.3 Å². The van der Waals surface area contributed by atoms with Crippen LogP contribution in [0.25, 0.3) is 0 Å². The zero-order valence-electron chi connectivity index (χ0n) is 15.4. The lowest BCUT2D eigenvalue weighted by atomic mass is 9.97. The van der Waals surface area contributed by atoms with Crippen molar-refractivity contribution in [2.24, 2.45) is 0 Å². The number of esters is 1. The van der Waals surface area contributed by atoms with Gasteiger partial charge in [0.25, 0.3) is 5.91 Å². The largest absolute Gasteiger partial charge is 0.482 e. The molecule has 1 amide bonds. The molecule has 2 rings (SSSR count). The van der Waals surface area contributed by atoms with Crippen LogP contribution < -0.4 is 10.1 Å². The Morgan fingerprint density at radius 1 is 1.07 bits per heavy atom. The van der Waals surface area contributed by atoms with E-state index >= 15 is 0 Å². The fourth-order valence-electron chi connectivity index (χ4n) is 2.42. The monoisotopic (exact) mass is 369 g/mol. The van der Waals surface area contributed by atoms with Gasteiger partial charge in [-0.2, -0.15) is 0 Å². The second kappa shape index (κ2) is 10.1. The number of hydrogen-bond donors (Lipinski definition) is 1. The van der Waals surface area contributed by atoms with Crippen molar-refractivity contribution in [1.82, 2.24) is 0 Å². The molecule has 142 valence electrons. The number of hydrogen-bond acceptors (Lipinski definition) is 5. The molecule has 6 nitrogen and oxygen atoms in total. The molecule has 0 bridgehead atoms. The van der Waals surface area contributed by atoms with Gasteiger partial charge in [0.15, 0.2) is 13.2 Å². The van der Waals surface area contributed by atoms with Crippen molar-refractivity contribution in [3.63, 3.8) is 0 Å². The summed E-state index contributed by atoms with van der Waals surface area (Å²) >= 11 is 0. The molecule has 0 aliphatic rings. The lowest BCUT2D eigenvalue weighted by Crippen LogP contribution is -2.24. The SMILES string of the molecule is CC[C@H](C)c1ccccc1NC(=O)COC(=O)COc1ccc(C=O)cc1. The summed E-state index contributed by atoms with van der Waals surface area (Å²) in [4.78, 5) is 34.4. The molecule has 0 heterocycles. The van der Waals surface area contributed by atoms with Crippen molar-refractivity contribution in [1.29, 1.82) is 0 Å². The Kier molecular flexibility index (Phi) is 7.55. The third kappa shape index (κ3) is 6.26. The molecule has 0 fully saturated rings. The molecule has 0 radical (unpaired) electrons. The fourth-order valence-corrected chi connectivity index (χ4v) is 2.42. The lowest BCUT2D eigenvalue weighted by Gasteiger charge is -2.15. The maximum atomic E-state index is 12.1. The van der Waals surface area contributed by atoms with Gasteiger partial charge in [-0.25, -0.2) is 4.79 Å². The number of nitrogens with one attached hydrogen (secondary N) is 1. The molecule has 0 aliphatic heterocycles. The van der Waals surface area contributed by atoms with Crippen LogP contribution in [0.2, 0.25) is 0 Å². The van der Waals surface area contributed by atoms with Crippen molar-refractivity contribution >= 4 is 23.9 Å². The summed E-state index contributed by atoms with van der Waals surface area (Å²) in [7, 11) is 0. The maximum Gasteiger partial charge on any atom is 0.344 e. The van der Waals surface area contributed by atoms with Gasteiger partial charge < -0.3 is 14.8 Å². The molecule has 0 spiro atoms. The average molecular weight is 369 g/mol. The van der Waals surface area contributed by atoms with E-state index in [0.717, 1.165) is 24.0 Å². The highest BCUT2D eigenvalue weighted by Gasteiger charge is 2.13. The number of amides is 1. The molecule has 1 N–H and O–H groups in total. The van der Waals surface area contributed by atoms with E-state index in [1.807, 2.05) is 24.3 Å². The first-order chi connectivity index (χ1) is 13.0. The van der Waals surface area contributed by atoms with Crippen LogP contribution in [0, 0.1) is 0 Å². The van der Waals surface area contributed by atoms with Gasteiger partial charge in [0.2, 0.25) is 0 Å². The van der Waals surface area contributed by atoms with E-state index in [0.29, 0.717) is 17.2 Å². The van der Waals surface area contributed by atoms with Crippen molar-refractivity contribution in [3.8, 4) is 5.75 Å². The second-order valence-corrected chi connectivity index (χ2v) is 6.08. The smallest absolute Gasteiger partial charge is 0.344 e. The fraction of sp³-hybridized carbons (Fsp3) is 0.286. The third-order valence-electron chi connectivity index (χ3n) is 4.12. The van der Waals surface area contributed by atoms with Gasteiger partial charge in [0.05, 0.1) is 0 Å². The van der Waals surface area contributed by atoms with Crippen LogP contribution in [-0.4, -0.2) is 31.4 Å². The number of anilines is 1. The molecule has 0 unspecified atom stereocenters. The van der Waals surface area contributed by atoms with E-state index in [9.17, 15) is 14.4 Å². The van der Waals surface area contributed by atoms with Crippen molar-refractivity contribution in [2.75, 3.05) is 18.5 Å². The quantitative estimate of drug-likeness (QED) is 0.540. The molecular formula is C21H23NO5. The molecule has 0 aliphatic carbocycles. The second-order valence-electron chi connectivity index (χ2n) is 6.08. The summed E-state index contributed by atoms with van der Waals surface area (Å²) in [6, 6.07) is 13.9. The standard InChI is InChI=1S/C21H23NO5/c1-3-15(2)18-6-4-5-7-19(18)22-20(24)13-27-21(25)14-26-17-10-8-16(12-23)9-11-17/h4-12,15H,3,13-14H2,1-2H3,(H,22,24)/t15-/m0/s1. The maximum absolute atomic E-state index is 12.1. The molecular weight excluding hydrogens is 346 g/mol. The Balaban J connectivity index is 1.79. The Bertz CT molecular complexity index is 785. The van der Waals surface area contributed by atoms with Gasteiger partial charge >= 0.3 is 5.97 Å². The van der Waals surface area contributed by atoms with Crippen LogP contribution in [0.15, 0.2) is 48.5 Å². The summed E-state index contributed by atoms with van der Waals surface area (Å²) in [5, 5.41) is 2.78. The van der Waals surface area contributed by atoms with Gasteiger partial charge in [-0.15, -0.1) is 0 Å². The van der Waals surface area contributed by atoms with Crippen LogP contribution in [0.4, 0.5) is 5.69 Å². The first-order valence-corrected chi connectivity index (χ1v) is 8.76. The molecule has 2 aromatic rings. The Labute approximate surface area is 158 Å². The number of aldehydes is 1. The topological polar surface area (TPSA) is 81.7 Å². The van der Waals surface area contributed by atoms with Crippen molar-refractivity contribution in [3.05, 3.63) is 59.7 Å². The molecule has 0 saturated carbocycles. The number of carbonyl (C=O) groups is 3. The number of rotatable bonds is 9. The van der Waals surface area contributed by atoms with E-state index in [2.05, 4.69) is 19.2 Å². The van der Waals surface area contributed by atoms with Crippen LogP contribution in [0.1, 0.15) is 42.1 Å². The zero-order valence-corrected chi connectivity index (χ0v) is 15.4. The third-order valence-corrected chi connectivity index (χ3v) is 4.12. The van der Waals surface area contributed by atoms with Gasteiger partial charge in [-0.05, 0) is 48.2 Å². The van der Waals surface area contributed by atoms with E-state index in [-0.39, 0.29) is 13.2 Å². The first kappa shape index (κ1) is 20.2. The Hall–Kier alpha value is -3.15. The molecule has 6 heteroatoms. The zero-order chi connectivity index (χ0) is 19.6. The number of para-hydroxylation sites is 1. The average Bonchev–Trinajstić information content (AvgIpc) is 2.71. The first-order valence-electron chi connectivity index (χ1n) is 8.76. The van der Waals surface area contributed by atoms with Crippen molar-refractivity contribution < 1.29 is 23.9 Å². The minimum atomic E-state index is -0.653. The summed E-state index contributed by atoms with van der Waals surface area (Å²) in [5.41, 5.74) is 2.28. The Morgan fingerprint density at radius 3 is 2.44 bits per heavy atom. The number of benzene rings is 2. The minimum absolute atomic E-state index is 0.308. The van der Waals surface area contributed by atoms with Crippen molar-refractivity contribution in [2.45, 2.75) is 26.2 Å². The predicted molar refractivity (Wildman–Crippen MR) is 102 cm³/mol. The number of ether oxygens (including phenoxy) is 2. The van der Waals surface area contributed by atoms with E-state index < -0.39 is 11.9 Å². The summed E-state index contributed by atoms with van der Waals surface area (Å²) in [5.74, 6) is -0.318. The lowest BCUT2D eigenvalue weighted by molar-refractivity contribution is -0.149. The highest BCUT2D eigenvalue weighted by molar-refractivity contribution is 5.93. The van der Waals surface area contributed by atoms with Gasteiger partial charge in [-0.1, -0.05) is 32.0 Å². The van der Waals surface area contributed by atoms with Crippen LogP contribution in [0.5, 0.6) is 5.75 Å². The summed E-state index contributed by atoms with van der Waals surface area (Å²) in [6.07, 6.45) is 1.67. The molecule has 1 atom stereocenters.